The summed E-state index contributed by atoms with van der Waals surface area (Å²) in [6.45, 7) is 1.44. The van der Waals surface area contributed by atoms with Crippen LogP contribution in [-0.4, -0.2) is 10.8 Å². The molecule has 4 N–H and O–H groups in total. The van der Waals surface area contributed by atoms with E-state index in [0.29, 0.717) is 15.9 Å². The Bertz CT molecular complexity index is 340. The number of nitrogens with two attached hydrogens (primary N) is 2. The SMILES string of the molecule is CC(=O)C(N)c1cc(N)ncc1Br. The van der Waals surface area contributed by atoms with Gasteiger partial charge in [-0.25, -0.2) is 4.98 Å². The van der Waals surface area contributed by atoms with E-state index in [4.69, 9.17) is 11.5 Å². The number of nitrogens with zero attached hydrogens (tertiary/aromatic N) is 1. The Morgan fingerprint density at radius 1 is 1.69 bits per heavy atom. The monoisotopic (exact) mass is 243 g/mol. The lowest BCUT2D eigenvalue weighted by Crippen LogP contribution is -2.19. The molecule has 1 unspecified atom stereocenters. The van der Waals surface area contributed by atoms with Crippen LogP contribution in [0.3, 0.4) is 0 Å². The molecule has 5 heteroatoms. The number of ketones is 1. The molecule has 0 aliphatic heterocycles. The van der Waals surface area contributed by atoms with E-state index in [9.17, 15) is 4.79 Å². The summed E-state index contributed by atoms with van der Waals surface area (Å²) < 4.78 is 0.699. The number of halogens is 1. The van der Waals surface area contributed by atoms with Gasteiger partial charge >= 0.3 is 0 Å². The van der Waals surface area contributed by atoms with Gasteiger partial charge in [0.1, 0.15) is 5.82 Å². The number of hydrogen-bond acceptors (Lipinski definition) is 4. The highest BCUT2D eigenvalue weighted by atomic mass is 79.9. The number of anilines is 1. The summed E-state index contributed by atoms with van der Waals surface area (Å²) in [5, 5.41) is 0. The minimum Gasteiger partial charge on any atom is -0.384 e. The van der Waals surface area contributed by atoms with Crippen LogP contribution < -0.4 is 11.5 Å². The fourth-order valence-corrected chi connectivity index (χ4v) is 1.39. The van der Waals surface area contributed by atoms with Crippen LogP contribution in [0.5, 0.6) is 0 Å². The molecule has 1 heterocycles. The van der Waals surface area contributed by atoms with Crippen LogP contribution in [0.15, 0.2) is 16.7 Å². The van der Waals surface area contributed by atoms with Crippen molar-refractivity contribution in [1.29, 1.82) is 0 Å². The summed E-state index contributed by atoms with van der Waals surface area (Å²) in [4.78, 5) is 14.8. The Morgan fingerprint density at radius 2 is 2.31 bits per heavy atom. The molecule has 0 aromatic carbocycles. The maximum Gasteiger partial charge on any atom is 0.151 e. The molecule has 0 bridgehead atoms. The van der Waals surface area contributed by atoms with E-state index in [0.717, 1.165) is 0 Å². The molecule has 1 aromatic rings. The Hall–Kier alpha value is -0.940. The summed E-state index contributed by atoms with van der Waals surface area (Å²) in [5.74, 6) is 0.251. The molecule has 1 atom stereocenters. The van der Waals surface area contributed by atoms with Crippen molar-refractivity contribution in [2.24, 2.45) is 5.73 Å². The van der Waals surface area contributed by atoms with E-state index in [2.05, 4.69) is 20.9 Å². The predicted molar refractivity (Wildman–Crippen MR) is 54.0 cm³/mol. The average Bonchev–Trinajstić information content (AvgIpc) is 2.08. The number of hydrogen-bond donors (Lipinski definition) is 2. The van der Waals surface area contributed by atoms with Gasteiger partial charge < -0.3 is 11.5 Å². The number of nitrogen functional groups attached to an aromatic ring is 1. The number of carbonyl (C=O) groups is 1. The van der Waals surface area contributed by atoms with Crippen LogP contribution >= 0.6 is 15.9 Å². The summed E-state index contributed by atoms with van der Waals surface area (Å²) >= 11 is 3.25. The fraction of sp³-hybridized carbons (Fsp3) is 0.250. The van der Waals surface area contributed by atoms with E-state index in [1.165, 1.54) is 13.1 Å². The van der Waals surface area contributed by atoms with Gasteiger partial charge in [-0.15, -0.1) is 0 Å². The molecule has 70 valence electrons. The van der Waals surface area contributed by atoms with Crippen molar-refractivity contribution in [3.63, 3.8) is 0 Å². The third-order valence-corrected chi connectivity index (χ3v) is 2.34. The third kappa shape index (κ3) is 2.26. The number of aromatic nitrogens is 1. The van der Waals surface area contributed by atoms with Crippen molar-refractivity contribution in [1.82, 2.24) is 4.98 Å². The molecule has 1 aromatic heterocycles. The van der Waals surface area contributed by atoms with E-state index in [-0.39, 0.29) is 5.78 Å². The predicted octanol–water partition coefficient (Wildman–Crippen LogP) is 1.02. The van der Waals surface area contributed by atoms with Gasteiger partial charge in [-0.2, -0.15) is 0 Å². The van der Waals surface area contributed by atoms with E-state index in [1.54, 1.807) is 6.07 Å². The molecule has 0 amide bonds. The van der Waals surface area contributed by atoms with Crippen LogP contribution in [0, 0.1) is 0 Å². The lowest BCUT2D eigenvalue weighted by molar-refractivity contribution is -0.118. The first-order chi connectivity index (χ1) is 6.02. The van der Waals surface area contributed by atoms with Crippen LogP contribution in [-0.2, 0) is 4.79 Å². The molecule has 0 aliphatic rings. The molecule has 0 aliphatic carbocycles. The van der Waals surface area contributed by atoms with Gasteiger partial charge in [0.25, 0.3) is 0 Å². The number of rotatable bonds is 2. The maximum atomic E-state index is 11.0. The molecular weight excluding hydrogens is 234 g/mol. The van der Waals surface area contributed by atoms with E-state index >= 15 is 0 Å². The van der Waals surface area contributed by atoms with Gasteiger partial charge in [-0.05, 0) is 34.5 Å². The molecule has 0 radical (unpaired) electrons. The van der Waals surface area contributed by atoms with Gasteiger partial charge in [0, 0.05) is 10.7 Å². The molecule has 1 rings (SSSR count). The number of Topliss-reactive ketones (excluding diaryl/α,β-unsaturated/α-hetero) is 1. The second-order valence-electron chi connectivity index (χ2n) is 2.72. The van der Waals surface area contributed by atoms with Crippen molar-refractivity contribution in [3.8, 4) is 0 Å². The lowest BCUT2D eigenvalue weighted by Gasteiger charge is -2.10. The van der Waals surface area contributed by atoms with Crippen LogP contribution in [0.25, 0.3) is 0 Å². The standard InChI is InChI=1S/C8H10BrN3O/c1-4(13)8(11)5-2-7(10)12-3-6(5)9/h2-3,8H,11H2,1H3,(H2,10,12). The Morgan fingerprint density at radius 3 is 2.85 bits per heavy atom. The highest BCUT2D eigenvalue weighted by molar-refractivity contribution is 9.10. The molecule has 13 heavy (non-hydrogen) atoms. The first-order valence-corrected chi connectivity index (χ1v) is 4.48. The Balaban J connectivity index is 3.12. The maximum absolute atomic E-state index is 11.0. The van der Waals surface area contributed by atoms with Gasteiger partial charge in [0.15, 0.2) is 5.78 Å². The minimum atomic E-state index is -0.639. The van der Waals surface area contributed by atoms with Crippen molar-refractivity contribution in [3.05, 3.63) is 22.3 Å². The second kappa shape index (κ2) is 3.85. The minimum absolute atomic E-state index is 0.105. The van der Waals surface area contributed by atoms with Gasteiger partial charge in [0.05, 0.1) is 6.04 Å². The molecule has 4 nitrogen and oxygen atoms in total. The molecule has 0 spiro atoms. The van der Waals surface area contributed by atoms with Gasteiger partial charge in [-0.3, -0.25) is 4.79 Å². The lowest BCUT2D eigenvalue weighted by atomic mass is 10.1. The quantitative estimate of drug-likeness (QED) is 0.813. The van der Waals surface area contributed by atoms with Gasteiger partial charge in [0.2, 0.25) is 0 Å². The van der Waals surface area contributed by atoms with Crippen molar-refractivity contribution >= 4 is 27.5 Å². The highest BCUT2D eigenvalue weighted by Crippen LogP contribution is 2.23. The summed E-state index contributed by atoms with van der Waals surface area (Å²) in [6, 6.07) is 0.954. The average molecular weight is 244 g/mol. The normalized spacial score (nSPS) is 12.5. The fourth-order valence-electron chi connectivity index (χ4n) is 0.929. The topological polar surface area (TPSA) is 82.0 Å². The summed E-state index contributed by atoms with van der Waals surface area (Å²) in [5.41, 5.74) is 11.8. The Kier molecular flexibility index (Phi) is 3.00. The zero-order valence-electron chi connectivity index (χ0n) is 7.12. The smallest absolute Gasteiger partial charge is 0.151 e. The molecular formula is C8H10BrN3O. The molecule has 0 fully saturated rings. The first-order valence-electron chi connectivity index (χ1n) is 3.69. The van der Waals surface area contributed by atoms with Crippen molar-refractivity contribution in [2.75, 3.05) is 5.73 Å². The number of carbonyl (C=O) groups excluding carboxylic acids is 1. The third-order valence-electron chi connectivity index (χ3n) is 1.68. The first kappa shape index (κ1) is 10.1. The highest BCUT2D eigenvalue weighted by Gasteiger charge is 2.14. The Labute approximate surface area is 84.5 Å². The summed E-state index contributed by atoms with van der Waals surface area (Å²) in [7, 11) is 0. The molecule has 0 saturated carbocycles. The summed E-state index contributed by atoms with van der Waals surface area (Å²) in [6.07, 6.45) is 1.54. The van der Waals surface area contributed by atoms with Gasteiger partial charge in [-0.1, -0.05) is 0 Å². The zero-order valence-corrected chi connectivity index (χ0v) is 8.71. The second-order valence-corrected chi connectivity index (χ2v) is 3.57. The number of pyridine rings is 1. The van der Waals surface area contributed by atoms with Crippen molar-refractivity contribution < 1.29 is 4.79 Å². The van der Waals surface area contributed by atoms with E-state index in [1.807, 2.05) is 0 Å². The molecule has 0 saturated heterocycles. The van der Waals surface area contributed by atoms with Crippen molar-refractivity contribution in [2.45, 2.75) is 13.0 Å². The van der Waals surface area contributed by atoms with E-state index < -0.39 is 6.04 Å². The zero-order chi connectivity index (χ0) is 10.0. The van der Waals surface area contributed by atoms with Crippen LogP contribution in [0.1, 0.15) is 18.5 Å². The largest absolute Gasteiger partial charge is 0.384 e. The van der Waals surface area contributed by atoms with Crippen LogP contribution in [0.4, 0.5) is 5.82 Å². The van der Waals surface area contributed by atoms with Crippen LogP contribution in [0.2, 0.25) is 0 Å².